The summed E-state index contributed by atoms with van der Waals surface area (Å²) in [7, 11) is 0. The number of carbonyl (C=O) groups is 1. The largest absolute Gasteiger partial charge is 0.489 e. The monoisotopic (exact) mass is 500 g/mol. The first-order chi connectivity index (χ1) is 17.4. The van der Waals surface area contributed by atoms with Crippen LogP contribution in [-0.2, 0) is 13.2 Å². The number of rotatable bonds is 7. The molecule has 3 aromatic carbocycles. The Kier molecular flexibility index (Phi) is 6.48. The minimum absolute atomic E-state index is 0.137. The molecule has 0 fully saturated rings. The van der Waals surface area contributed by atoms with Crippen LogP contribution in [0.3, 0.4) is 0 Å². The van der Waals surface area contributed by atoms with Gasteiger partial charge >= 0.3 is 0 Å². The van der Waals surface area contributed by atoms with Gasteiger partial charge in [0, 0.05) is 5.02 Å². The minimum atomic E-state index is -0.377. The van der Waals surface area contributed by atoms with Gasteiger partial charge in [0.2, 0.25) is 0 Å². The molecule has 7 nitrogen and oxygen atoms in total. The molecule has 0 saturated carbocycles. The zero-order valence-corrected chi connectivity index (χ0v) is 21.0. The number of amides is 1. The van der Waals surface area contributed by atoms with Crippen molar-refractivity contribution in [1.29, 1.82) is 0 Å². The lowest BCUT2D eigenvalue weighted by atomic mass is 10.0. The fraction of sp³-hybridized carbons (Fsp3) is 0.179. The maximum atomic E-state index is 13.2. The van der Waals surface area contributed by atoms with Gasteiger partial charge in [-0.3, -0.25) is 9.48 Å². The Bertz CT molecular complexity index is 1550. The van der Waals surface area contributed by atoms with Gasteiger partial charge in [0.05, 0.1) is 29.2 Å². The van der Waals surface area contributed by atoms with Crippen LogP contribution in [0.4, 0.5) is 5.69 Å². The van der Waals surface area contributed by atoms with Crippen LogP contribution < -0.4 is 10.1 Å². The molecule has 182 valence electrons. The number of carbonyl (C=O) groups excluding carboxylic acids is 1. The Balaban J connectivity index is 1.35. The van der Waals surface area contributed by atoms with Gasteiger partial charge in [0.15, 0.2) is 5.69 Å². The minimum Gasteiger partial charge on any atom is -0.489 e. The van der Waals surface area contributed by atoms with Gasteiger partial charge in [0.1, 0.15) is 18.1 Å². The quantitative estimate of drug-likeness (QED) is 0.276. The van der Waals surface area contributed by atoms with Gasteiger partial charge in [-0.2, -0.15) is 5.10 Å². The summed E-state index contributed by atoms with van der Waals surface area (Å²) in [6.07, 6.45) is 0. The molecule has 0 bridgehead atoms. The lowest BCUT2D eigenvalue weighted by Crippen LogP contribution is -2.16. The molecule has 36 heavy (non-hydrogen) atoms. The molecule has 2 aromatic heterocycles. The molecule has 1 N–H and O–H groups in total. The van der Waals surface area contributed by atoms with Gasteiger partial charge in [-0.25, -0.2) is 0 Å². The highest BCUT2D eigenvalue weighted by Crippen LogP contribution is 2.25. The van der Waals surface area contributed by atoms with E-state index in [2.05, 4.69) is 34.7 Å². The number of nitrogens with one attached hydrogen (secondary N) is 1. The standard InChI is InChI=1S/C28H25ClN4O3/c1-17-26(18(2)33(31-17)15-21-9-6-8-20-7-4-5-10-24(20)21)30-28(34)27-25(19(3)36-32-27)16-35-23-13-11-22(29)12-14-23/h4-14H,15-16H2,1-3H3,(H,30,34). The molecule has 2 heterocycles. The smallest absolute Gasteiger partial charge is 0.278 e. The number of halogens is 1. The highest BCUT2D eigenvalue weighted by Gasteiger charge is 2.23. The highest BCUT2D eigenvalue weighted by molar-refractivity contribution is 6.30. The summed E-state index contributed by atoms with van der Waals surface area (Å²) >= 11 is 5.94. The number of hydrogen-bond acceptors (Lipinski definition) is 5. The number of anilines is 1. The fourth-order valence-corrected chi connectivity index (χ4v) is 4.35. The number of benzene rings is 3. The van der Waals surface area contributed by atoms with E-state index in [0.29, 0.717) is 34.3 Å². The number of hydrogen-bond donors (Lipinski definition) is 1. The molecular weight excluding hydrogens is 476 g/mol. The van der Waals surface area contributed by atoms with E-state index in [1.54, 1.807) is 31.2 Å². The second kappa shape index (κ2) is 9.87. The molecule has 0 atom stereocenters. The number of ether oxygens (including phenoxy) is 1. The van der Waals surface area contributed by atoms with Crippen LogP contribution in [0.15, 0.2) is 71.3 Å². The van der Waals surface area contributed by atoms with E-state index < -0.39 is 0 Å². The van der Waals surface area contributed by atoms with E-state index in [1.807, 2.05) is 36.7 Å². The first kappa shape index (κ1) is 23.6. The van der Waals surface area contributed by atoms with E-state index in [9.17, 15) is 4.79 Å². The number of nitrogens with zero attached hydrogens (tertiary/aromatic N) is 3. The second-order valence-electron chi connectivity index (χ2n) is 8.60. The third-order valence-corrected chi connectivity index (χ3v) is 6.47. The Morgan fingerprint density at radius 1 is 1.03 bits per heavy atom. The maximum absolute atomic E-state index is 13.2. The Hall–Kier alpha value is -4.10. The number of fused-ring (bicyclic) bond motifs is 1. The first-order valence-electron chi connectivity index (χ1n) is 11.6. The number of aromatic nitrogens is 3. The summed E-state index contributed by atoms with van der Waals surface area (Å²) in [5.74, 6) is 0.777. The molecule has 8 heteroatoms. The number of aryl methyl sites for hydroxylation is 2. The van der Waals surface area contributed by atoms with E-state index in [0.717, 1.165) is 17.0 Å². The first-order valence-corrected chi connectivity index (χ1v) is 11.9. The van der Waals surface area contributed by atoms with E-state index >= 15 is 0 Å². The van der Waals surface area contributed by atoms with Gasteiger partial charge < -0.3 is 14.6 Å². The Morgan fingerprint density at radius 2 is 1.78 bits per heavy atom. The summed E-state index contributed by atoms with van der Waals surface area (Å²) in [6, 6.07) is 21.5. The van der Waals surface area contributed by atoms with Crippen molar-refractivity contribution < 1.29 is 14.1 Å². The molecule has 0 radical (unpaired) electrons. The van der Waals surface area contributed by atoms with Crippen LogP contribution in [0.1, 0.15) is 38.8 Å². The molecule has 0 unspecified atom stereocenters. The average Bonchev–Trinajstić information content (AvgIpc) is 3.38. The van der Waals surface area contributed by atoms with Crippen molar-refractivity contribution >= 4 is 34.0 Å². The normalized spacial score (nSPS) is 11.1. The van der Waals surface area contributed by atoms with Crippen molar-refractivity contribution in [2.24, 2.45) is 0 Å². The highest BCUT2D eigenvalue weighted by atomic mass is 35.5. The summed E-state index contributed by atoms with van der Waals surface area (Å²) < 4.78 is 13.0. The van der Waals surface area contributed by atoms with Gasteiger partial charge in [-0.05, 0) is 61.4 Å². The van der Waals surface area contributed by atoms with Crippen molar-refractivity contribution in [1.82, 2.24) is 14.9 Å². The van der Waals surface area contributed by atoms with Crippen LogP contribution in [0.25, 0.3) is 10.8 Å². The Labute approximate surface area is 213 Å². The van der Waals surface area contributed by atoms with Crippen LogP contribution >= 0.6 is 11.6 Å². The van der Waals surface area contributed by atoms with Crippen molar-refractivity contribution in [2.75, 3.05) is 5.32 Å². The molecule has 5 aromatic rings. The van der Waals surface area contributed by atoms with Crippen molar-refractivity contribution in [2.45, 2.75) is 33.9 Å². The van der Waals surface area contributed by atoms with Crippen LogP contribution in [-0.4, -0.2) is 20.8 Å². The van der Waals surface area contributed by atoms with Gasteiger partial charge in [-0.1, -0.05) is 59.2 Å². The molecule has 0 aliphatic heterocycles. The fourth-order valence-electron chi connectivity index (χ4n) is 4.22. The predicted molar refractivity (Wildman–Crippen MR) is 140 cm³/mol. The van der Waals surface area contributed by atoms with E-state index in [4.69, 9.17) is 26.0 Å². The van der Waals surface area contributed by atoms with E-state index in [-0.39, 0.29) is 18.2 Å². The van der Waals surface area contributed by atoms with Crippen LogP contribution in [0.2, 0.25) is 5.02 Å². The lowest BCUT2D eigenvalue weighted by Gasteiger charge is -2.10. The van der Waals surface area contributed by atoms with Crippen molar-refractivity contribution in [3.63, 3.8) is 0 Å². The summed E-state index contributed by atoms with van der Waals surface area (Å²) in [5.41, 5.74) is 4.16. The van der Waals surface area contributed by atoms with Crippen molar-refractivity contribution in [3.8, 4) is 5.75 Å². The molecule has 1 amide bonds. The molecular formula is C28H25ClN4O3. The molecule has 5 rings (SSSR count). The molecule has 0 aliphatic carbocycles. The van der Waals surface area contributed by atoms with Gasteiger partial charge in [-0.15, -0.1) is 0 Å². The molecule has 0 saturated heterocycles. The van der Waals surface area contributed by atoms with Gasteiger partial charge in [0.25, 0.3) is 5.91 Å². The summed E-state index contributed by atoms with van der Waals surface area (Å²) in [5, 5.41) is 14.6. The topological polar surface area (TPSA) is 82.2 Å². The Morgan fingerprint density at radius 3 is 2.58 bits per heavy atom. The average molecular weight is 501 g/mol. The SMILES string of the molecule is Cc1nn(Cc2cccc3ccccc23)c(C)c1NC(=O)c1noc(C)c1COc1ccc(Cl)cc1. The van der Waals surface area contributed by atoms with Crippen LogP contribution in [0, 0.1) is 20.8 Å². The summed E-state index contributed by atoms with van der Waals surface area (Å²) in [6.45, 7) is 6.30. The molecule has 0 spiro atoms. The maximum Gasteiger partial charge on any atom is 0.278 e. The zero-order valence-electron chi connectivity index (χ0n) is 20.2. The second-order valence-corrected chi connectivity index (χ2v) is 9.04. The lowest BCUT2D eigenvalue weighted by molar-refractivity contribution is 0.101. The summed E-state index contributed by atoms with van der Waals surface area (Å²) in [4.78, 5) is 13.2. The van der Waals surface area contributed by atoms with Crippen molar-refractivity contribution in [3.05, 3.63) is 106 Å². The predicted octanol–water partition coefficient (Wildman–Crippen LogP) is 6.48. The van der Waals surface area contributed by atoms with E-state index in [1.165, 1.54) is 10.8 Å². The molecule has 0 aliphatic rings. The zero-order chi connectivity index (χ0) is 25.2. The van der Waals surface area contributed by atoms with Crippen LogP contribution in [0.5, 0.6) is 5.75 Å². The third kappa shape index (κ3) is 4.70. The third-order valence-electron chi connectivity index (χ3n) is 6.22.